The number of likely N-dealkylation sites (N-methyl/N-ethyl adjacent to an activating group) is 1. The van der Waals surface area contributed by atoms with Gasteiger partial charge in [0.2, 0.25) is 0 Å². The second-order valence-electron chi connectivity index (χ2n) is 10.1. The van der Waals surface area contributed by atoms with Crippen LogP contribution in [0.15, 0.2) is 0 Å². The van der Waals surface area contributed by atoms with Crippen LogP contribution in [0.3, 0.4) is 0 Å². The summed E-state index contributed by atoms with van der Waals surface area (Å²) in [4.78, 5) is 0. The molecular weight excluding hydrogens is 518 g/mol. The van der Waals surface area contributed by atoms with Gasteiger partial charge < -0.3 is 62.5 Å². The standard InChI is InChI=1S/C20H41N5O7.H2O4S/c1-8(21)12-5-4-9(22)18(30-12)31-15-10(23)6-11(24)16(13(15)26)32-19-14(27)17(25-3)20(2,28)7-29-19;1-5(2,3)4/h8-19,25-28H,4-7,21-24H2,1-3H3;(H2,1,2,3,4)/t8-,9?,10?,11?,12?,13?,14?,15?,16?,17?,18?,19?,20?;/m0./s1. The monoisotopic (exact) mass is 561 g/mol. The van der Waals surface area contributed by atoms with E-state index in [1.54, 1.807) is 14.0 Å². The van der Waals surface area contributed by atoms with Crippen LogP contribution in [0.25, 0.3) is 0 Å². The van der Waals surface area contributed by atoms with Crippen LogP contribution in [-0.2, 0) is 29.3 Å². The first-order valence-electron chi connectivity index (χ1n) is 12.0. The van der Waals surface area contributed by atoms with Crippen LogP contribution in [0.1, 0.15) is 33.1 Å². The van der Waals surface area contributed by atoms with Crippen molar-refractivity contribution in [2.75, 3.05) is 13.7 Å². The molecule has 0 aromatic rings. The molecule has 12 unspecified atom stereocenters. The molecule has 3 rings (SSSR count). The van der Waals surface area contributed by atoms with Crippen LogP contribution in [0.4, 0.5) is 0 Å². The summed E-state index contributed by atoms with van der Waals surface area (Å²) in [5.74, 6) is 0. The summed E-state index contributed by atoms with van der Waals surface area (Å²) in [5, 5.41) is 35.0. The Morgan fingerprint density at radius 2 is 1.51 bits per heavy atom. The molecule has 17 heteroatoms. The molecule has 0 spiro atoms. The Morgan fingerprint density at radius 1 is 1.00 bits per heavy atom. The number of ether oxygens (including phenoxy) is 4. The van der Waals surface area contributed by atoms with E-state index in [1.807, 2.05) is 6.92 Å². The lowest BCUT2D eigenvalue weighted by molar-refractivity contribution is -0.307. The molecule has 3 fully saturated rings. The zero-order chi connectivity index (χ0) is 28.3. The number of aliphatic hydroxyl groups is 3. The van der Waals surface area contributed by atoms with Crippen molar-refractivity contribution in [3.8, 4) is 0 Å². The number of nitrogens with two attached hydrogens (primary N) is 4. The summed E-state index contributed by atoms with van der Waals surface area (Å²) in [5.41, 5.74) is 23.3. The normalized spacial score (nSPS) is 46.0. The van der Waals surface area contributed by atoms with E-state index in [2.05, 4.69) is 5.32 Å². The molecule has 3 aliphatic rings. The first kappa shape index (κ1) is 32.6. The zero-order valence-corrected chi connectivity index (χ0v) is 22.0. The van der Waals surface area contributed by atoms with Crippen LogP contribution in [0.5, 0.6) is 0 Å². The number of hydrogen-bond acceptors (Lipinski definition) is 14. The third kappa shape index (κ3) is 8.95. The van der Waals surface area contributed by atoms with Gasteiger partial charge >= 0.3 is 10.4 Å². The summed E-state index contributed by atoms with van der Waals surface area (Å²) < 4.78 is 55.0. The molecule has 2 aliphatic heterocycles. The van der Waals surface area contributed by atoms with Crippen LogP contribution in [0, 0.1) is 0 Å². The summed E-state index contributed by atoms with van der Waals surface area (Å²) in [6.07, 6.45) is -4.58. The highest BCUT2D eigenvalue weighted by atomic mass is 32.3. The van der Waals surface area contributed by atoms with E-state index in [-0.39, 0.29) is 24.8 Å². The van der Waals surface area contributed by atoms with Gasteiger partial charge in [-0.1, -0.05) is 0 Å². The Balaban J connectivity index is 0.000000877. The fourth-order valence-corrected chi connectivity index (χ4v) is 4.87. The molecule has 16 nitrogen and oxygen atoms in total. The molecule has 2 saturated heterocycles. The second-order valence-corrected chi connectivity index (χ2v) is 11.0. The highest BCUT2D eigenvalue weighted by molar-refractivity contribution is 7.79. The first-order chi connectivity index (χ1) is 17.0. The highest BCUT2D eigenvalue weighted by Gasteiger charge is 2.50. The van der Waals surface area contributed by atoms with Crippen molar-refractivity contribution < 1.29 is 51.8 Å². The molecule has 1 aliphatic carbocycles. The summed E-state index contributed by atoms with van der Waals surface area (Å²) in [6.45, 7) is 3.34. The third-order valence-electron chi connectivity index (χ3n) is 6.81. The lowest BCUT2D eigenvalue weighted by atomic mass is 9.84. The Bertz CT molecular complexity index is 815. The van der Waals surface area contributed by atoms with Gasteiger partial charge in [0.25, 0.3) is 0 Å². The maximum atomic E-state index is 11.1. The van der Waals surface area contributed by atoms with E-state index < -0.39 is 71.1 Å². The molecule has 13 atom stereocenters. The van der Waals surface area contributed by atoms with Crippen molar-refractivity contribution in [3.05, 3.63) is 0 Å². The number of rotatable bonds is 6. The molecule has 0 aromatic heterocycles. The number of nitrogens with one attached hydrogen (secondary N) is 1. The molecule has 0 aromatic carbocycles. The van der Waals surface area contributed by atoms with E-state index in [1.165, 1.54) is 0 Å². The first-order valence-corrected chi connectivity index (χ1v) is 13.4. The second kappa shape index (κ2) is 13.2. The van der Waals surface area contributed by atoms with Gasteiger partial charge in [0.15, 0.2) is 12.6 Å². The molecule has 0 amide bonds. The van der Waals surface area contributed by atoms with Crippen molar-refractivity contribution in [2.24, 2.45) is 22.9 Å². The topological polar surface area (TPSA) is 288 Å². The van der Waals surface area contributed by atoms with Gasteiger partial charge in [-0.25, -0.2) is 0 Å². The van der Waals surface area contributed by atoms with E-state index in [0.717, 1.165) is 6.42 Å². The third-order valence-corrected chi connectivity index (χ3v) is 6.81. The highest BCUT2D eigenvalue weighted by Crippen LogP contribution is 2.31. The lowest BCUT2D eigenvalue weighted by Gasteiger charge is -2.48. The maximum absolute atomic E-state index is 11.1. The Kier molecular flexibility index (Phi) is 11.6. The van der Waals surface area contributed by atoms with Crippen molar-refractivity contribution in [2.45, 2.75) is 112 Å². The predicted molar refractivity (Wildman–Crippen MR) is 129 cm³/mol. The molecule has 14 N–H and O–H groups in total. The summed E-state index contributed by atoms with van der Waals surface area (Å²) in [7, 11) is -3.04. The molecule has 37 heavy (non-hydrogen) atoms. The fourth-order valence-electron chi connectivity index (χ4n) is 4.87. The van der Waals surface area contributed by atoms with Crippen molar-refractivity contribution >= 4 is 10.4 Å². The van der Waals surface area contributed by atoms with Crippen LogP contribution in [0.2, 0.25) is 0 Å². The van der Waals surface area contributed by atoms with Crippen molar-refractivity contribution in [1.82, 2.24) is 5.32 Å². The van der Waals surface area contributed by atoms with Gasteiger partial charge in [-0.05, 0) is 40.2 Å². The van der Waals surface area contributed by atoms with Crippen LogP contribution < -0.4 is 28.3 Å². The van der Waals surface area contributed by atoms with Gasteiger partial charge in [-0.15, -0.1) is 0 Å². The van der Waals surface area contributed by atoms with Crippen molar-refractivity contribution in [1.29, 1.82) is 0 Å². The molecule has 220 valence electrons. The lowest BCUT2D eigenvalue weighted by Crippen LogP contribution is -2.68. The zero-order valence-electron chi connectivity index (χ0n) is 21.2. The minimum absolute atomic E-state index is 0.0683. The fraction of sp³-hybridized carbons (Fsp3) is 1.00. The summed E-state index contributed by atoms with van der Waals surface area (Å²) in [6, 6.07) is -2.47. The van der Waals surface area contributed by atoms with Crippen LogP contribution >= 0.6 is 0 Å². The minimum Gasteiger partial charge on any atom is -0.388 e. The molecule has 1 saturated carbocycles. The maximum Gasteiger partial charge on any atom is 0.394 e. The Morgan fingerprint density at radius 3 is 2.00 bits per heavy atom. The van der Waals surface area contributed by atoms with Gasteiger partial charge in [-0.2, -0.15) is 8.42 Å². The van der Waals surface area contributed by atoms with Crippen LogP contribution in [-0.4, -0.2) is 125 Å². The smallest absolute Gasteiger partial charge is 0.388 e. The quantitative estimate of drug-likeness (QED) is 0.137. The van der Waals surface area contributed by atoms with Crippen molar-refractivity contribution in [3.63, 3.8) is 0 Å². The minimum atomic E-state index is -4.67. The van der Waals surface area contributed by atoms with E-state index in [9.17, 15) is 15.3 Å². The molecular formula is C20H43N5O11S. The number of aliphatic hydroxyl groups excluding tert-OH is 2. The summed E-state index contributed by atoms with van der Waals surface area (Å²) >= 11 is 0. The average Bonchev–Trinajstić information content (AvgIpc) is 2.75. The van der Waals surface area contributed by atoms with Gasteiger partial charge in [0.05, 0.1) is 24.8 Å². The molecule has 0 bridgehead atoms. The van der Waals surface area contributed by atoms with Gasteiger partial charge in [0.1, 0.15) is 30.0 Å². The van der Waals surface area contributed by atoms with Gasteiger partial charge in [0, 0.05) is 18.1 Å². The Hall–Kier alpha value is -0.610. The average molecular weight is 562 g/mol. The predicted octanol–water partition coefficient (Wildman–Crippen LogP) is -4.24. The molecule has 2 heterocycles. The Labute approximate surface area is 216 Å². The molecule has 0 radical (unpaired) electrons. The van der Waals surface area contributed by atoms with E-state index >= 15 is 0 Å². The largest absolute Gasteiger partial charge is 0.394 e. The SMILES string of the molecule is CNC1C(O)C(OC2C(N)CC(N)C(OC3OC([C@H](C)N)CCC3N)C2O)OCC1(C)O.O=S(=O)(O)O. The number of hydrogen-bond donors (Lipinski definition) is 10. The van der Waals surface area contributed by atoms with E-state index in [0.29, 0.717) is 12.8 Å². The van der Waals surface area contributed by atoms with E-state index in [4.69, 9.17) is 59.4 Å². The van der Waals surface area contributed by atoms with Gasteiger partial charge in [-0.3, -0.25) is 9.11 Å².